The quantitative estimate of drug-likeness (QED) is 0.598. The van der Waals surface area contributed by atoms with Gasteiger partial charge in [-0.2, -0.15) is 0 Å². The number of rotatable bonds is 7. The van der Waals surface area contributed by atoms with Gasteiger partial charge in [0.25, 0.3) is 5.69 Å². The van der Waals surface area contributed by atoms with Crippen LogP contribution >= 0.6 is 0 Å². The monoisotopic (exact) mass is 266 g/mol. The Morgan fingerprint density at radius 2 is 1.89 bits per heavy atom. The number of non-ortho nitro benzene ring substituents is 1. The molecule has 0 saturated heterocycles. The minimum atomic E-state index is -0.400. The van der Waals surface area contributed by atoms with Crippen molar-refractivity contribution in [2.24, 2.45) is 0 Å². The molecule has 1 N–H and O–H groups in total. The third-order valence-corrected chi connectivity index (χ3v) is 3.42. The molecule has 0 aliphatic heterocycles. The predicted molar refractivity (Wildman–Crippen MR) is 76.9 cm³/mol. The highest BCUT2D eigenvalue weighted by Crippen LogP contribution is 2.29. The molecule has 19 heavy (non-hydrogen) atoms. The van der Waals surface area contributed by atoms with Gasteiger partial charge in [0.15, 0.2) is 0 Å². The van der Waals surface area contributed by atoms with Gasteiger partial charge in [-0.25, -0.2) is 0 Å². The van der Waals surface area contributed by atoms with Crippen molar-refractivity contribution in [1.29, 1.82) is 0 Å². The summed E-state index contributed by atoms with van der Waals surface area (Å²) in [6.07, 6.45) is 1.88. The van der Waals surface area contributed by atoms with Gasteiger partial charge in [0.05, 0.1) is 17.6 Å². The van der Waals surface area contributed by atoms with Crippen LogP contribution < -0.4 is 10.1 Å². The van der Waals surface area contributed by atoms with Crippen molar-refractivity contribution in [2.45, 2.75) is 46.1 Å². The molecular formula is C14H22N2O3. The van der Waals surface area contributed by atoms with Gasteiger partial charge in [-0.15, -0.1) is 0 Å². The Hall–Kier alpha value is -1.78. The molecule has 1 rings (SSSR count). The maximum absolute atomic E-state index is 10.9. The Bertz CT molecular complexity index is 442. The van der Waals surface area contributed by atoms with E-state index in [-0.39, 0.29) is 11.2 Å². The molecule has 0 aromatic heterocycles. The van der Waals surface area contributed by atoms with Crippen LogP contribution in [-0.4, -0.2) is 17.1 Å². The van der Waals surface area contributed by atoms with E-state index in [0.717, 1.165) is 18.5 Å². The van der Waals surface area contributed by atoms with E-state index in [0.29, 0.717) is 12.4 Å². The average molecular weight is 266 g/mol. The topological polar surface area (TPSA) is 64.4 Å². The van der Waals surface area contributed by atoms with E-state index in [4.69, 9.17) is 4.74 Å². The lowest BCUT2D eigenvalue weighted by atomic mass is 9.95. The Kier molecular flexibility index (Phi) is 5.15. The molecule has 1 aromatic rings. The summed E-state index contributed by atoms with van der Waals surface area (Å²) in [6, 6.07) is 4.80. The molecule has 0 spiro atoms. The first kappa shape index (κ1) is 15.3. The molecule has 106 valence electrons. The molecule has 5 nitrogen and oxygen atoms in total. The van der Waals surface area contributed by atoms with E-state index in [9.17, 15) is 10.1 Å². The van der Waals surface area contributed by atoms with Crippen LogP contribution in [0, 0.1) is 10.1 Å². The molecule has 0 fully saturated rings. The Morgan fingerprint density at radius 3 is 2.37 bits per heavy atom. The smallest absolute Gasteiger partial charge is 0.275 e. The van der Waals surface area contributed by atoms with E-state index in [2.05, 4.69) is 26.1 Å². The molecule has 0 radical (unpaired) electrons. The molecule has 0 heterocycles. The summed E-state index contributed by atoms with van der Waals surface area (Å²) in [5, 5.41) is 14.3. The van der Waals surface area contributed by atoms with Crippen molar-refractivity contribution >= 4 is 11.4 Å². The normalized spacial score (nSPS) is 11.2. The van der Waals surface area contributed by atoms with Crippen LogP contribution in [0.25, 0.3) is 0 Å². The van der Waals surface area contributed by atoms with Crippen molar-refractivity contribution in [2.75, 3.05) is 11.9 Å². The first-order chi connectivity index (χ1) is 8.94. The summed E-state index contributed by atoms with van der Waals surface area (Å²) in [5.74, 6) is 0.522. The fourth-order valence-corrected chi connectivity index (χ4v) is 1.79. The first-order valence-electron chi connectivity index (χ1n) is 6.64. The molecule has 1 aromatic carbocycles. The fourth-order valence-electron chi connectivity index (χ4n) is 1.79. The molecule has 0 aliphatic carbocycles. The second kappa shape index (κ2) is 6.41. The highest BCUT2D eigenvalue weighted by Gasteiger charge is 2.20. The van der Waals surface area contributed by atoms with Gasteiger partial charge in [0.1, 0.15) is 5.75 Å². The van der Waals surface area contributed by atoms with Crippen molar-refractivity contribution in [3.05, 3.63) is 28.3 Å². The van der Waals surface area contributed by atoms with Gasteiger partial charge in [-0.05, 0) is 26.7 Å². The largest absolute Gasteiger partial charge is 0.494 e. The molecule has 0 amide bonds. The van der Waals surface area contributed by atoms with Crippen LogP contribution in [0.5, 0.6) is 5.75 Å². The van der Waals surface area contributed by atoms with Crippen LogP contribution in [0.15, 0.2) is 18.2 Å². The second-order valence-corrected chi connectivity index (χ2v) is 4.80. The van der Waals surface area contributed by atoms with Crippen LogP contribution in [0.4, 0.5) is 11.4 Å². The van der Waals surface area contributed by atoms with Crippen LogP contribution in [0.1, 0.15) is 40.5 Å². The van der Waals surface area contributed by atoms with Crippen LogP contribution in [0.2, 0.25) is 0 Å². The van der Waals surface area contributed by atoms with Crippen LogP contribution in [-0.2, 0) is 0 Å². The lowest BCUT2D eigenvalue weighted by Crippen LogP contribution is -2.32. The second-order valence-electron chi connectivity index (χ2n) is 4.80. The SMILES string of the molecule is CCOc1cc(NC(C)(CC)CC)cc([N+](=O)[O-])c1. The highest BCUT2D eigenvalue weighted by molar-refractivity contribution is 5.57. The molecule has 0 bridgehead atoms. The summed E-state index contributed by atoms with van der Waals surface area (Å²) in [7, 11) is 0. The average Bonchev–Trinajstić information content (AvgIpc) is 2.38. The standard InChI is InChI=1S/C14H22N2O3/c1-5-14(4,6-2)15-11-8-12(16(17)18)10-13(9-11)19-7-3/h8-10,15H,5-7H2,1-4H3. The van der Waals surface area contributed by atoms with Crippen molar-refractivity contribution in [3.63, 3.8) is 0 Å². The number of anilines is 1. The minimum Gasteiger partial charge on any atom is -0.494 e. The van der Waals surface area contributed by atoms with Gasteiger partial charge in [-0.1, -0.05) is 13.8 Å². The summed E-state index contributed by atoms with van der Waals surface area (Å²) in [6.45, 7) is 8.63. The molecular weight excluding hydrogens is 244 g/mol. The summed E-state index contributed by atoms with van der Waals surface area (Å²) >= 11 is 0. The molecule has 0 saturated carbocycles. The number of nitrogens with one attached hydrogen (secondary N) is 1. The highest BCUT2D eigenvalue weighted by atomic mass is 16.6. The molecule has 0 aliphatic rings. The van der Waals surface area contributed by atoms with Crippen molar-refractivity contribution < 1.29 is 9.66 Å². The van der Waals surface area contributed by atoms with Gasteiger partial charge in [0.2, 0.25) is 0 Å². The lowest BCUT2D eigenvalue weighted by Gasteiger charge is -2.29. The maximum atomic E-state index is 10.9. The van der Waals surface area contributed by atoms with E-state index in [1.165, 1.54) is 6.07 Å². The number of hydrogen-bond donors (Lipinski definition) is 1. The minimum absolute atomic E-state index is 0.0445. The number of ether oxygens (including phenoxy) is 1. The summed E-state index contributed by atoms with van der Waals surface area (Å²) in [4.78, 5) is 10.5. The zero-order chi connectivity index (χ0) is 14.5. The number of nitrogens with zero attached hydrogens (tertiary/aromatic N) is 1. The van der Waals surface area contributed by atoms with Crippen molar-refractivity contribution in [1.82, 2.24) is 0 Å². The zero-order valence-electron chi connectivity index (χ0n) is 12.0. The maximum Gasteiger partial charge on any atom is 0.275 e. The van der Waals surface area contributed by atoms with Gasteiger partial charge in [-0.3, -0.25) is 10.1 Å². The van der Waals surface area contributed by atoms with Gasteiger partial charge < -0.3 is 10.1 Å². The fraction of sp³-hybridized carbons (Fsp3) is 0.571. The van der Waals surface area contributed by atoms with E-state index < -0.39 is 4.92 Å². The number of nitro groups is 1. The van der Waals surface area contributed by atoms with Gasteiger partial charge in [0, 0.05) is 23.4 Å². The Labute approximate surface area is 114 Å². The van der Waals surface area contributed by atoms with E-state index >= 15 is 0 Å². The Balaban J connectivity index is 3.08. The lowest BCUT2D eigenvalue weighted by molar-refractivity contribution is -0.384. The number of nitro benzene ring substituents is 1. The van der Waals surface area contributed by atoms with E-state index in [1.807, 2.05) is 6.92 Å². The predicted octanol–water partition coefficient (Wildman–Crippen LogP) is 3.98. The number of hydrogen-bond acceptors (Lipinski definition) is 4. The molecule has 5 heteroatoms. The zero-order valence-corrected chi connectivity index (χ0v) is 12.0. The van der Waals surface area contributed by atoms with Crippen LogP contribution in [0.3, 0.4) is 0 Å². The number of benzene rings is 1. The Morgan fingerprint density at radius 1 is 1.26 bits per heavy atom. The molecule has 0 unspecified atom stereocenters. The third-order valence-electron chi connectivity index (χ3n) is 3.42. The first-order valence-corrected chi connectivity index (χ1v) is 6.64. The van der Waals surface area contributed by atoms with E-state index in [1.54, 1.807) is 12.1 Å². The van der Waals surface area contributed by atoms with Gasteiger partial charge >= 0.3 is 0 Å². The third kappa shape index (κ3) is 4.12. The summed E-state index contributed by atoms with van der Waals surface area (Å²) in [5.41, 5.74) is 0.700. The molecule has 0 atom stereocenters. The van der Waals surface area contributed by atoms with Crippen molar-refractivity contribution in [3.8, 4) is 5.75 Å². The summed E-state index contributed by atoms with van der Waals surface area (Å²) < 4.78 is 5.37.